The maximum absolute atomic E-state index is 12.0. The molecule has 26 heavy (non-hydrogen) atoms. The zero-order valence-electron chi connectivity index (χ0n) is 14.4. The van der Waals surface area contributed by atoms with Gasteiger partial charge in [0.25, 0.3) is 11.8 Å². The lowest BCUT2D eigenvalue weighted by atomic mass is 10.2. The number of hydrogen-bond donors (Lipinski definition) is 0. The van der Waals surface area contributed by atoms with E-state index in [1.54, 1.807) is 13.0 Å². The van der Waals surface area contributed by atoms with Gasteiger partial charge in [-0.05, 0) is 49.1 Å². The lowest BCUT2D eigenvalue weighted by Crippen LogP contribution is -2.06. The van der Waals surface area contributed by atoms with Gasteiger partial charge in [0, 0.05) is 6.08 Å². The van der Waals surface area contributed by atoms with E-state index in [-0.39, 0.29) is 5.89 Å². The molecule has 0 bridgehead atoms. The number of aromatic nitrogens is 2. The molecule has 0 saturated carbocycles. The molecule has 2 aromatic heterocycles. The Morgan fingerprint density at radius 1 is 1.27 bits per heavy atom. The molecular weight excluding hydrogens is 352 g/mol. The van der Waals surface area contributed by atoms with E-state index in [0.29, 0.717) is 12.5 Å². The van der Waals surface area contributed by atoms with Gasteiger partial charge < -0.3 is 13.9 Å². The summed E-state index contributed by atoms with van der Waals surface area (Å²) in [6.45, 7) is 4.23. The van der Waals surface area contributed by atoms with E-state index in [9.17, 15) is 4.79 Å². The Morgan fingerprint density at radius 2 is 2.08 bits per heavy atom. The van der Waals surface area contributed by atoms with Gasteiger partial charge in [-0.2, -0.15) is 0 Å². The predicted molar refractivity (Wildman–Crippen MR) is 98.8 cm³/mol. The van der Waals surface area contributed by atoms with Crippen LogP contribution in [0.4, 0.5) is 0 Å². The molecule has 1 aromatic carbocycles. The minimum Gasteiger partial charge on any atom is -0.494 e. The molecule has 7 heteroatoms. The third-order valence-electron chi connectivity index (χ3n) is 3.42. The minimum atomic E-state index is -0.631. The van der Waals surface area contributed by atoms with Crippen molar-refractivity contribution in [3.8, 4) is 16.5 Å². The van der Waals surface area contributed by atoms with Crippen LogP contribution in [0, 0.1) is 0 Å². The van der Waals surface area contributed by atoms with Gasteiger partial charge in [-0.1, -0.05) is 18.2 Å². The molecule has 0 unspecified atom stereocenters. The molecule has 134 valence electrons. The number of ether oxygens (including phenoxy) is 2. The second kappa shape index (κ2) is 8.44. The van der Waals surface area contributed by atoms with Crippen molar-refractivity contribution in [3.63, 3.8) is 0 Å². The van der Waals surface area contributed by atoms with Crippen LogP contribution in [0.1, 0.15) is 31.4 Å². The smallest absolute Gasteiger partial charge is 0.331 e. The van der Waals surface area contributed by atoms with Crippen LogP contribution < -0.4 is 4.74 Å². The van der Waals surface area contributed by atoms with Crippen LogP contribution in [0.2, 0.25) is 0 Å². The van der Waals surface area contributed by atoms with Crippen molar-refractivity contribution in [1.29, 1.82) is 0 Å². The van der Waals surface area contributed by atoms with Gasteiger partial charge >= 0.3 is 5.97 Å². The number of benzene rings is 1. The Labute approximate surface area is 155 Å². The van der Waals surface area contributed by atoms with Gasteiger partial charge in [-0.3, -0.25) is 0 Å². The molecule has 0 aliphatic rings. The van der Waals surface area contributed by atoms with E-state index >= 15 is 0 Å². The molecule has 0 fully saturated rings. The number of thiophene rings is 1. The topological polar surface area (TPSA) is 74.5 Å². The molecule has 0 N–H and O–H groups in total. The van der Waals surface area contributed by atoms with Crippen LogP contribution in [-0.2, 0) is 9.53 Å². The molecule has 0 aliphatic carbocycles. The monoisotopic (exact) mass is 370 g/mol. The van der Waals surface area contributed by atoms with Crippen molar-refractivity contribution in [2.24, 2.45) is 0 Å². The van der Waals surface area contributed by atoms with E-state index in [2.05, 4.69) is 10.2 Å². The largest absolute Gasteiger partial charge is 0.494 e. The quantitative estimate of drug-likeness (QED) is 0.450. The maximum atomic E-state index is 12.0. The first-order valence-electron chi connectivity index (χ1n) is 8.14. The highest BCUT2D eigenvalue weighted by atomic mass is 32.1. The second-order valence-corrected chi connectivity index (χ2v) is 6.28. The van der Waals surface area contributed by atoms with Crippen LogP contribution in [0.5, 0.6) is 5.75 Å². The van der Waals surface area contributed by atoms with Gasteiger partial charge in [0.2, 0.25) is 0 Å². The maximum Gasteiger partial charge on any atom is 0.331 e. The highest BCUT2D eigenvalue weighted by Gasteiger charge is 2.18. The highest BCUT2D eigenvalue weighted by molar-refractivity contribution is 7.13. The third-order valence-corrected chi connectivity index (χ3v) is 4.27. The molecule has 0 saturated heterocycles. The molecule has 2 heterocycles. The van der Waals surface area contributed by atoms with Crippen molar-refractivity contribution >= 4 is 23.4 Å². The van der Waals surface area contributed by atoms with Gasteiger partial charge in [0.15, 0.2) is 6.10 Å². The standard InChI is InChI=1S/C19H18N2O4S/c1-3-23-15-9-6-14(7-10-15)8-11-17(22)24-13(2)18-20-21-19(25-18)16-5-4-12-26-16/h4-13H,3H2,1-2H3/b11-8+/t13-/m1/s1. The van der Waals surface area contributed by atoms with E-state index in [0.717, 1.165) is 16.2 Å². The Kier molecular flexibility index (Phi) is 5.80. The number of hydrogen-bond acceptors (Lipinski definition) is 7. The summed E-state index contributed by atoms with van der Waals surface area (Å²) in [6, 6.07) is 11.2. The van der Waals surface area contributed by atoms with Crippen molar-refractivity contribution in [2.75, 3.05) is 6.61 Å². The minimum absolute atomic E-state index is 0.260. The van der Waals surface area contributed by atoms with Crippen LogP contribution in [0.3, 0.4) is 0 Å². The third kappa shape index (κ3) is 4.58. The first kappa shape index (κ1) is 17.9. The predicted octanol–water partition coefficient (Wildman–Crippen LogP) is 4.51. The average Bonchev–Trinajstić information content (AvgIpc) is 3.32. The zero-order valence-corrected chi connectivity index (χ0v) is 15.2. The average molecular weight is 370 g/mol. The first-order chi connectivity index (χ1) is 12.7. The van der Waals surface area contributed by atoms with E-state index in [4.69, 9.17) is 13.9 Å². The fourth-order valence-electron chi connectivity index (χ4n) is 2.17. The SMILES string of the molecule is CCOc1ccc(/C=C/C(=O)O[C@H](C)c2nnc(-c3cccs3)o2)cc1. The fourth-order valence-corrected chi connectivity index (χ4v) is 2.81. The summed E-state index contributed by atoms with van der Waals surface area (Å²) in [5, 5.41) is 9.85. The Balaban J connectivity index is 1.57. The van der Waals surface area contributed by atoms with E-state index in [1.807, 2.05) is 48.7 Å². The molecule has 0 aliphatic heterocycles. The van der Waals surface area contributed by atoms with Gasteiger partial charge in [0.05, 0.1) is 11.5 Å². The molecule has 3 aromatic rings. The molecule has 0 radical (unpaired) electrons. The van der Waals surface area contributed by atoms with Crippen molar-refractivity contribution < 1.29 is 18.7 Å². The fraction of sp³-hybridized carbons (Fsp3) is 0.211. The number of nitrogens with zero attached hydrogens (tertiary/aromatic N) is 2. The number of carbonyl (C=O) groups is 1. The van der Waals surface area contributed by atoms with Crippen LogP contribution in [-0.4, -0.2) is 22.8 Å². The number of carbonyl (C=O) groups excluding carboxylic acids is 1. The van der Waals surface area contributed by atoms with Crippen LogP contribution in [0.25, 0.3) is 16.8 Å². The van der Waals surface area contributed by atoms with Crippen LogP contribution >= 0.6 is 11.3 Å². The van der Waals surface area contributed by atoms with Crippen molar-refractivity contribution in [2.45, 2.75) is 20.0 Å². The van der Waals surface area contributed by atoms with Gasteiger partial charge in [-0.15, -0.1) is 21.5 Å². The summed E-state index contributed by atoms with van der Waals surface area (Å²) in [4.78, 5) is 12.9. The summed E-state index contributed by atoms with van der Waals surface area (Å²) < 4.78 is 16.2. The summed E-state index contributed by atoms with van der Waals surface area (Å²) >= 11 is 1.50. The highest BCUT2D eigenvalue weighted by Crippen LogP contribution is 2.25. The second-order valence-electron chi connectivity index (χ2n) is 5.34. The lowest BCUT2D eigenvalue weighted by molar-refractivity contribution is -0.143. The summed E-state index contributed by atoms with van der Waals surface area (Å²) in [6.07, 6.45) is 2.41. The van der Waals surface area contributed by atoms with E-state index < -0.39 is 12.1 Å². The molecular formula is C19H18N2O4S. The molecule has 0 spiro atoms. The molecule has 6 nitrogen and oxygen atoms in total. The summed E-state index contributed by atoms with van der Waals surface area (Å²) in [5.74, 6) is 0.986. The van der Waals surface area contributed by atoms with Crippen LogP contribution in [0.15, 0.2) is 52.3 Å². The zero-order chi connectivity index (χ0) is 18.4. The Hall–Kier alpha value is -2.93. The first-order valence-corrected chi connectivity index (χ1v) is 9.02. The summed E-state index contributed by atoms with van der Waals surface area (Å²) in [7, 11) is 0. The van der Waals surface area contributed by atoms with Crippen molar-refractivity contribution in [1.82, 2.24) is 10.2 Å². The number of rotatable bonds is 7. The summed E-state index contributed by atoms with van der Waals surface area (Å²) in [5.41, 5.74) is 0.871. The van der Waals surface area contributed by atoms with Gasteiger partial charge in [0.1, 0.15) is 5.75 Å². The molecule has 3 rings (SSSR count). The Morgan fingerprint density at radius 3 is 2.77 bits per heavy atom. The van der Waals surface area contributed by atoms with Gasteiger partial charge in [-0.25, -0.2) is 4.79 Å². The molecule has 0 amide bonds. The van der Waals surface area contributed by atoms with Crippen molar-refractivity contribution in [3.05, 3.63) is 59.3 Å². The Bertz CT molecular complexity index is 869. The molecule has 1 atom stereocenters. The normalized spacial score (nSPS) is 12.2. The lowest BCUT2D eigenvalue weighted by Gasteiger charge is -2.06. The van der Waals surface area contributed by atoms with E-state index in [1.165, 1.54) is 17.4 Å². The number of esters is 1.